The normalized spacial score (nSPS) is 10.8. The summed E-state index contributed by atoms with van der Waals surface area (Å²) in [5.74, 6) is 0.502. The summed E-state index contributed by atoms with van der Waals surface area (Å²) in [6.45, 7) is -0.418. The lowest BCUT2D eigenvalue weighted by molar-refractivity contribution is -0.142. The van der Waals surface area contributed by atoms with Crippen molar-refractivity contribution < 1.29 is 23.5 Å². The summed E-state index contributed by atoms with van der Waals surface area (Å²) < 4.78 is 16.1. The highest BCUT2D eigenvalue weighted by Crippen LogP contribution is 2.22. The van der Waals surface area contributed by atoms with Crippen molar-refractivity contribution in [3.05, 3.63) is 90.8 Å². The molecule has 154 valence electrons. The lowest BCUT2D eigenvalue weighted by atomic mass is 10.3. The number of aromatic nitrogens is 1. The third-order valence-electron chi connectivity index (χ3n) is 4.13. The Labute approximate surface area is 177 Å². The summed E-state index contributed by atoms with van der Waals surface area (Å²) in [4.78, 5) is 28.1. The van der Waals surface area contributed by atoms with E-state index in [1.807, 2.05) is 42.5 Å². The van der Waals surface area contributed by atoms with E-state index in [0.29, 0.717) is 22.5 Å². The first-order valence-corrected chi connectivity index (χ1v) is 9.49. The van der Waals surface area contributed by atoms with Gasteiger partial charge >= 0.3 is 5.97 Å². The Balaban J connectivity index is 1.24. The van der Waals surface area contributed by atoms with E-state index in [-0.39, 0.29) is 5.89 Å². The Bertz CT molecular complexity index is 1180. The van der Waals surface area contributed by atoms with Crippen molar-refractivity contribution in [2.75, 3.05) is 11.9 Å². The number of hydrogen-bond donors (Lipinski definition) is 1. The van der Waals surface area contributed by atoms with Crippen LogP contribution in [0.5, 0.6) is 11.5 Å². The van der Waals surface area contributed by atoms with Crippen LogP contribution in [0.25, 0.3) is 17.2 Å². The lowest BCUT2D eigenvalue weighted by Gasteiger charge is -2.08. The van der Waals surface area contributed by atoms with E-state index in [0.717, 1.165) is 11.8 Å². The molecule has 0 aliphatic rings. The van der Waals surface area contributed by atoms with Crippen molar-refractivity contribution in [1.82, 2.24) is 4.98 Å². The topological polar surface area (TPSA) is 90.7 Å². The number of carbonyl (C=O) groups excluding carboxylic acids is 2. The van der Waals surface area contributed by atoms with E-state index in [2.05, 4.69) is 10.3 Å². The smallest absolute Gasteiger partial charge is 0.331 e. The first-order valence-electron chi connectivity index (χ1n) is 9.49. The van der Waals surface area contributed by atoms with Gasteiger partial charge in [-0.2, -0.15) is 0 Å². The zero-order valence-electron chi connectivity index (χ0n) is 16.4. The molecular weight excluding hydrogens is 396 g/mol. The van der Waals surface area contributed by atoms with E-state index in [1.165, 1.54) is 6.08 Å². The Morgan fingerprint density at radius 3 is 2.39 bits per heavy atom. The standard InChI is InChI=1S/C24H18N2O5/c27-22(25-17-10-12-19(13-11-17)30-18-6-2-1-3-7-18)16-29-24(28)15-14-23-26-20-8-4-5-9-21(20)31-23/h1-15H,16H2,(H,25,27)/b15-14+. The molecule has 0 bridgehead atoms. The molecule has 4 aromatic rings. The van der Waals surface area contributed by atoms with Crippen LogP contribution in [0.1, 0.15) is 5.89 Å². The van der Waals surface area contributed by atoms with Gasteiger partial charge in [0.25, 0.3) is 5.91 Å². The third-order valence-corrected chi connectivity index (χ3v) is 4.13. The molecule has 4 rings (SSSR count). The molecule has 0 unspecified atom stereocenters. The highest BCUT2D eigenvalue weighted by Gasteiger charge is 2.07. The van der Waals surface area contributed by atoms with Gasteiger partial charge < -0.3 is 19.2 Å². The van der Waals surface area contributed by atoms with Crippen LogP contribution < -0.4 is 10.1 Å². The van der Waals surface area contributed by atoms with Crippen LogP contribution in [0.2, 0.25) is 0 Å². The summed E-state index contributed by atoms with van der Waals surface area (Å²) in [6.07, 6.45) is 2.55. The van der Waals surface area contributed by atoms with Crippen molar-refractivity contribution in [2.24, 2.45) is 0 Å². The highest BCUT2D eigenvalue weighted by atomic mass is 16.5. The number of carbonyl (C=O) groups is 2. The van der Waals surface area contributed by atoms with Gasteiger partial charge in [-0.3, -0.25) is 4.79 Å². The minimum atomic E-state index is -0.677. The fourth-order valence-electron chi connectivity index (χ4n) is 2.71. The van der Waals surface area contributed by atoms with Crippen LogP contribution in [0, 0.1) is 0 Å². The predicted molar refractivity (Wildman–Crippen MR) is 116 cm³/mol. The summed E-state index contributed by atoms with van der Waals surface area (Å²) in [7, 11) is 0. The molecule has 0 fully saturated rings. The van der Waals surface area contributed by atoms with Crippen LogP contribution in [0.15, 0.2) is 89.4 Å². The minimum absolute atomic E-state index is 0.278. The molecule has 7 nitrogen and oxygen atoms in total. The van der Waals surface area contributed by atoms with Gasteiger partial charge in [0.1, 0.15) is 17.0 Å². The average molecular weight is 414 g/mol. The first kappa shape index (κ1) is 19.9. The maximum absolute atomic E-state index is 12.0. The number of nitrogens with zero attached hydrogens (tertiary/aromatic N) is 1. The largest absolute Gasteiger partial charge is 0.457 e. The number of ether oxygens (including phenoxy) is 2. The summed E-state index contributed by atoms with van der Waals surface area (Å²) >= 11 is 0. The Hall–Kier alpha value is -4.39. The number of para-hydroxylation sites is 3. The monoisotopic (exact) mass is 414 g/mol. The van der Waals surface area contributed by atoms with Gasteiger partial charge in [-0.1, -0.05) is 30.3 Å². The van der Waals surface area contributed by atoms with E-state index < -0.39 is 18.5 Å². The molecular formula is C24H18N2O5. The number of benzene rings is 3. The summed E-state index contributed by atoms with van der Waals surface area (Å²) in [5, 5.41) is 2.65. The maximum atomic E-state index is 12.0. The molecule has 0 atom stereocenters. The fourth-order valence-corrected chi connectivity index (χ4v) is 2.71. The quantitative estimate of drug-likeness (QED) is 0.345. The lowest BCUT2D eigenvalue weighted by Crippen LogP contribution is -2.20. The number of nitrogens with one attached hydrogen (secondary N) is 1. The number of esters is 1. The number of anilines is 1. The Kier molecular flexibility index (Phi) is 6.04. The number of rotatable bonds is 7. The maximum Gasteiger partial charge on any atom is 0.331 e. The average Bonchev–Trinajstić information content (AvgIpc) is 3.21. The first-order chi connectivity index (χ1) is 15.2. The minimum Gasteiger partial charge on any atom is -0.457 e. The molecule has 1 amide bonds. The van der Waals surface area contributed by atoms with Crippen molar-refractivity contribution in [3.8, 4) is 11.5 Å². The van der Waals surface area contributed by atoms with Gasteiger partial charge in [-0.15, -0.1) is 0 Å². The van der Waals surface area contributed by atoms with Crippen molar-refractivity contribution in [3.63, 3.8) is 0 Å². The molecule has 0 saturated carbocycles. The summed E-state index contributed by atoms with van der Waals surface area (Å²) in [6, 6.07) is 23.5. The molecule has 0 spiro atoms. The van der Waals surface area contributed by atoms with Gasteiger partial charge in [0.05, 0.1) is 0 Å². The van der Waals surface area contributed by atoms with Crippen molar-refractivity contribution in [1.29, 1.82) is 0 Å². The van der Waals surface area contributed by atoms with Gasteiger partial charge in [0.15, 0.2) is 12.2 Å². The van der Waals surface area contributed by atoms with Crippen molar-refractivity contribution >= 4 is 34.7 Å². The molecule has 0 saturated heterocycles. The van der Waals surface area contributed by atoms with Crippen LogP contribution in [-0.4, -0.2) is 23.5 Å². The second-order valence-electron chi connectivity index (χ2n) is 6.45. The van der Waals surface area contributed by atoms with Gasteiger partial charge in [0, 0.05) is 17.8 Å². The Morgan fingerprint density at radius 2 is 1.61 bits per heavy atom. The van der Waals surface area contributed by atoms with E-state index in [4.69, 9.17) is 13.9 Å². The molecule has 0 aliphatic carbocycles. The van der Waals surface area contributed by atoms with Crippen LogP contribution in [0.4, 0.5) is 5.69 Å². The second kappa shape index (κ2) is 9.41. The van der Waals surface area contributed by atoms with Crippen LogP contribution in [-0.2, 0) is 14.3 Å². The van der Waals surface area contributed by atoms with Gasteiger partial charge in [0.2, 0.25) is 5.89 Å². The number of oxazole rings is 1. The molecule has 3 aromatic carbocycles. The highest BCUT2D eigenvalue weighted by molar-refractivity contribution is 5.94. The van der Waals surface area contributed by atoms with Gasteiger partial charge in [-0.05, 0) is 48.5 Å². The van der Waals surface area contributed by atoms with Crippen LogP contribution in [0.3, 0.4) is 0 Å². The molecule has 1 aromatic heterocycles. The summed E-state index contributed by atoms with van der Waals surface area (Å²) in [5.41, 5.74) is 1.87. The molecule has 1 N–H and O–H groups in total. The number of fused-ring (bicyclic) bond motifs is 1. The molecule has 0 aliphatic heterocycles. The zero-order valence-corrected chi connectivity index (χ0v) is 16.4. The van der Waals surface area contributed by atoms with E-state index in [9.17, 15) is 9.59 Å². The molecule has 0 radical (unpaired) electrons. The van der Waals surface area contributed by atoms with Gasteiger partial charge in [-0.25, -0.2) is 9.78 Å². The fraction of sp³-hybridized carbons (Fsp3) is 0.0417. The molecule has 31 heavy (non-hydrogen) atoms. The zero-order chi connectivity index (χ0) is 21.5. The molecule has 1 heterocycles. The third kappa shape index (κ3) is 5.57. The van der Waals surface area contributed by atoms with Crippen molar-refractivity contribution in [2.45, 2.75) is 0 Å². The SMILES string of the molecule is O=C(COC(=O)/C=C/c1nc2ccccc2o1)Nc1ccc(Oc2ccccc2)cc1. The van der Waals surface area contributed by atoms with E-state index in [1.54, 1.807) is 36.4 Å². The Morgan fingerprint density at radius 1 is 0.903 bits per heavy atom. The van der Waals surface area contributed by atoms with Crippen LogP contribution >= 0.6 is 0 Å². The second-order valence-corrected chi connectivity index (χ2v) is 6.45. The number of hydrogen-bond acceptors (Lipinski definition) is 6. The molecule has 7 heteroatoms. The number of amides is 1. The van der Waals surface area contributed by atoms with E-state index >= 15 is 0 Å². The predicted octanol–water partition coefficient (Wildman–Crippen LogP) is 4.82.